The number of nitrogens with zero attached hydrogens (tertiary/aromatic N) is 3. The first-order valence-corrected chi connectivity index (χ1v) is 7.99. The van der Waals surface area contributed by atoms with E-state index in [-0.39, 0.29) is 24.4 Å². The number of methoxy groups -OCH3 is 1. The van der Waals surface area contributed by atoms with Gasteiger partial charge >= 0.3 is 5.97 Å². The molecule has 23 heavy (non-hydrogen) atoms. The second-order valence-electron chi connectivity index (χ2n) is 6.35. The second kappa shape index (κ2) is 6.90. The van der Waals surface area contributed by atoms with Gasteiger partial charge in [0.1, 0.15) is 12.9 Å². The molecule has 0 radical (unpaired) electrons. The van der Waals surface area contributed by atoms with Crippen molar-refractivity contribution < 1.29 is 19.4 Å². The fourth-order valence-electron chi connectivity index (χ4n) is 3.93. The van der Waals surface area contributed by atoms with E-state index in [1.54, 1.807) is 7.11 Å². The number of carbonyl (C=O) groups is 1. The van der Waals surface area contributed by atoms with Crippen LogP contribution in [0.15, 0.2) is 18.7 Å². The first kappa shape index (κ1) is 16.3. The summed E-state index contributed by atoms with van der Waals surface area (Å²) in [6, 6.07) is 0.236. The first-order valence-electron chi connectivity index (χ1n) is 7.99. The molecule has 2 heterocycles. The number of likely N-dealkylation sites (tertiary alicyclic amines) is 1. The molecule has 3 atom stereocenters. The molecule has 2 fully saturated rings. The molecule has 1 aromatic rings. The molecule has 0 aromatic carbocycles. The van der Waals surface area contributed by atoms with E-state index in [2.05, 4.69) is 14.9 Å². The van der Waals surface area contributed by atoms with Crippen molar-refractivity contribution in [3.63, 3.8) is 0 Å². The highest BCUT2D eigenvalue weighted by molar-refractivity contribution is 5.68. The summed E-state index contributed by atoms with van der Waals surface area (Å²) in [6.07, 6.45) is 8.72. The molecule has 1 aliphatic carbocycles. The van der Waals surface area contributed by atoms with Crippen molar-refractivity contribution >= 4 is 5.97 Å². The van der Waals surface area contributed by atoms with E-state index in [9.17, 15) is 4.79 Å². The van der Waals surface area contributed by atoms with Gasteiger partial charge in [0.25, 0.3) is 0 Å². The molecule has 1 aromatic heterocycles. The lowest BCUT2D eigenvalue weighted by Gasteiger charge is -2.43. The van der Waals surface area contributed by atoms with Gasteiger partial charge in [-0.15, -0.1) is 0 Å². The van der Waals surface area contributed by atoms with Gasteiger partial charge in [-0.3, -0.25) is 4.90 Å². The Labute approximate surface area is 135 Å². The molecule has 0 spiro atoms. The number of hydrogen-bond acceptors (Lipinski definition) is 6. The predicted octanol–water partition coefficient (Wildman–Crippen LogP) is 1.09. The van der Waals surface area contributed by atoms with Crippen LogP contribution in [0.5, 0.6) is 0 Å². The minimum absolute atomic E-state index is 0.0213. The molecule has 0 amide bonds. The van der Waals surface area contributed by atoms with E-state index in [4.69, 9.17) is 14.6 Å². The fourth-order valence-corrected chi connectivity index (χ4v) is 3.93. The Bertz CT molecular complexity index is 541. The molecule has 3 rings (SSSR count). The van der Waals surface area contributed by atoms with Gasteiger partial charge < -0.3 is 14.6 Å². The van der Waals surface area contributed by atoms with Crippen LogP contribution in [0.4, 0.5) is 0 Å². The highest BCUT2D eigenvalue weighted by Crippen LogP contribution is 2.43. The number of aromatic nitrogens is 2. The van der Waals surface area contributed by atoms with Gasteiger partial charge in [-0.1, -0.05) is 0 Å². The SMILES string of the molecule is CO[C@@]12CC[C@H](OCC(=O)O)C[C@@H]1N(Cc1cncnc1)CC2. The van der Waals surface area contributed by atoms with E-state index < -0.39 is 5.97 Å². The van der Waals surface area contributed by atoms with Crippen molar-refractivity contribution in [1.82, 2.24) is 14.9 Å². The van der Waals surface area contributed by atoms with Gasteiger partial charge in [-0.25, -0.2) is 14.8 Å². The summed E-state index contributed by atoms with van der Waals surface area (Å²) in [4.78, 5) is 21.3. The molecule has 7 heteroatoms. The maximum atomic E-state index is 10.7. The van der Waals surface area contributed by atoms with Crippen molar-refractivity contribution in [3.8, 4) is 0 Å². The maximum Gasteiger partial charge on any atom is 0.329 e. The molecule has 1 aliphatic heterocycles. The molecule has 2 aliphatic rings. The highest BCUT2D eigenvalue weighted by Gasteiger charge is 2.51. The van der Waals surface area contributed by atoms with Crippen LogP contribution >= 0.6 is 0 Å². The number of rotatable bonds is 6. The number of hydrogen-bond donors (Lipinski definition) is 1. The Morgan fingerprint density at radius 2 is 2.22 bits per heavy atom. The van der Waals surface area contributed by atoms with Crippen molar-refractivity contribution in [3.05, 3.63) is 24.3 Å². The van der Waals surface area contributed by atoms with Crippen LogP contribution in [-0.2, 0) is 20.8 Å². The molecule has 0 unspecified atom stereocenters. The molecular formula is C16H23N3O4. The Hall–Kier alpha value is -1.57. The summed E-state index contributed by atoms with van der Waals surface area (Å²) >= 11 is 0. The van der Waals surface area contributed by atoms with Gasteiger partial charge in [-0.2, -0.15) is 0 Å². The third kappa shape index (κ3) is 3.52. The zero-order chi connectivity index (χ0) is 16.3. The largest absolute Gasteiger partial charge is 0.480 e. The Balaban J connectivity index is 1.69. The maximum absolute atomic E-state index is 10.7. The van der Waals surface area contributed by atoms with Crippen LogP contribution < -0.4 is 0 Å². The lowest BCUT2D eigenvalue weighted by Crippen LogP contribution is -2.51. The van der Waals surface area contributed by atoms with Gasteiger partial charge in [0, 0.05) is 44.2 Å². The number of fused-ring (bicyclic) bond motifs is 1. The fraction of sp³-hybridized carbons (Fsp3) is 0.688. The van der Waals surface area contributed by atoms with Crippen molar-refractivity contribution in [2.75, 3.05) is 20.3 Å². The molecule has 1 N–H and O–H groups in total. The molecule has 7 nitrogen and oxygen atoms in total. The molecule has 126 valence electrons. The Morgan fingerprint density at radius 1 is 1.43 bits per heavy atom. The summed E-state index contributed by atoms with van der Waals surface area (Å²) < 4.78 is 11.4. The van der Waals surface area contributed by atoms with E-state index in [0.29, 0.717) is 0 Å². The number of aliphatic carboxylic acids is 1. The second-order valence-corrected chi connectivity index (χ2v) is 6.35. The number of carboxylic acid groups (broad SMARTS) is 1. The number of ether oxygens (including phenoxy) is 2. The molecule has 0 bridgehead atoms. The summed E-state index contributed by atoms with van der Waals surface area (Å²) in [7, 11) is 1.78. The summed E-state index contributed by atoms with van der Waals surface area (Å²) in [6.45, 7) is 1.51. The van der Waals surface area contributed by atoms with Crippen LogP contribution in [0.2, 0.25) is 0 Å². The van der Waals surface area contributed by atoms with Crippen LogP contribution in [0, 0.1) is 0 Å². The minimum Gasteiger partial charge on any atom is -0.480 e. The van der Waals surface area contributed by atoms with Crippen molar-refractivity contribution in [2.45, 2.75) is 50.0 Å². The van der Waals surface area contributed by atoms with Crippen LogP contribution in [-0.4, -0.2) is 64.0 Å². The molecule has 1 saturated carbocycles. The normalized spacial score (nSPS) is 31.0. The Morgan fingerprint density at radius 3 is 2.91 bits per heavy atom. The monoisotopic (exact) mass is 321 g/mol. The zero-order valence-electron chi connectivity index (χ0n) is 13.4. The molecular weight excluding hydrogens is 298 g/mol. The van der Waals surface area contributed by atoms with E-state index in [0.717, 1.165) is 44.3 Å². The smallest absolute Gasteiger partial charge is 0.329 e. The Kier molecular flexibility index (Phi) is 4.89. The van der Waals surface area contributed by atoms with Crippen LogP contribution in [0.1, 0.15) is 31.2 Å². The number of carboxylic acids is 1. The van der Waals surface area contributed by atoms with Gasteiger partial charge in [0.2, 0.25) is 0 Å². The lowest BCUT2D eigenvalue weighted by atomic mass is 9.79. The average Bonchev–Trinajstić information content (AvgIpc) is 2.92. The standard InChI is InChI=1S/C16H23N3O4/c1-22-16-3-2-13(23-10-15(20)21)6-14(16)19(5-4-16)9-12-7-17-11-18-8-12/h7-8,11,13-14H,2-6,9-10H2,1H3,(H,20,21)/t13-,14-,16+/m0/s1. The van der Waals surface area contributed by atoms with Gasteiger partial charge in [0.05, 0.1) is 11.7 Å². The summed E-state index contributed by atoms with van der Waals surface area (Å²) in [5, 5.41) is 8.80. The van der Waals surface area contributed by atoms with Crippen LogP contribution in [0.25, 0.3) is 0 Å². The van der Waals surface area contributed by atoms with E-state index in [1.165, 1.54) is 6.33 Å². The minimum atomic E-state index is -0.918. The zero-order valence-corrected chi connectivity index (χ0v) is 13.4. The van der Waals surface area contributed by atoms with E-state index in [1.807, 2.05) is 12.4 Å². The molecule has 1 saturated heterocycles. The lowest BCUT2D eigenvalue weighted by molar-refractivity contribution is -0.148. The van der Waals surface area contributed by atoms with Crippen molar-refractivity contribution in [2.24, 2.45) is 0 Å². The third-order valence-corrected chi connectivity index (χ3v) is 5.09. The quantitative estimate of drug-likeness (QED) is 0.839. The highest BCUT2D eigenvalue weighted by atomic mass is 16.5. The van der Waals surface area contributed by atoms with Crippen LogP contribution in [0.3, 0.4) is 0 Å². The summed E-state index contributed by atoms with van der Waals surface area (Å²) in [5.41, 5.74) is 0.937. The first-order chi connectivity index (χ1) is 11.1. The van der Waals surface area contributed by atoms with Crippen molar-refractivity contribution in [1.29, 1.82) is 0 Å². The topological polar surface area (TPSA) is 84.8 Å². The summed E-state index contributed by atoms with van der Waals surface area (Å²) in [5.74, 6) is -0.918. The van der Waals surface area contributed by atoms with E-state index >= 15 is 0 Å². The average molecular weight is 321 g/mol. The van der Waals surface area contributed by atoms with Gasteiger partial charge in [-0.05, 0) is 25.7 Å². The van der Waals surface area contributed by atoms with Gasteiger partial charge in [0.15, 0.2) is 0 Å². The predicted molar refractivity (Wildman–Crippen MR) is 81.8 cm³/mol. The third-order valence-electron chi connectivity index (χ3n) is 5.09.